The van der Waals surface area contributed by atoms with Crippen LogP contribution in [0.5, 0.6) is 0 Å². The highest BCUT2D eigenvalue weighted by Gasteiger charge is 2.47. The van der Waals surface area contributed by atoms with Gasteiger partial charge < -0.3 is 24.9 Å². The predicted octanol–water partition coefficient (Wildman–Crippen LogP) is 4.84. The fourth-order valence-corrected chi connectivity index (χ4v) is 8.51. The molecule has 0 bridgehead atoms. The van der Waals surface area contributed by atoms with E-state index < -0.39 is 31.5 Å². The van der Waals surface area contributed by atoms with Crippen LogP contribution in [0.1, 0.15) is 71.2 Å². The monoisotopic (exact) mass is 652 g/mol. The molecule has 3 aliphatic rings. The number of fused-ring (bicyclic) bond motifs is 2. The molecule has 0 saturated carbocycles. The Bertz CT molecular complexity index is 1710. The molecule has 45 heavy (non-hydrogen) atoms. The minimum Gasteiger partial charge on any atom is -0.340 e. The van der Waals surface area contributed by atoms with E-state index in [1.165, 1.54) is 24.3 Å². The van der Waals surface area contributed by atoms with Gasteiger partial charge in [-0.1, -0.05) is 49.2 Å². The number of hydrogen-bond donors (Lipinski definition) is 3. The summed E-state index contributed by atoms with van der Waals surface area (Å²) in [5, 5.41) is 13.2. The number of alkyl halides is 1. The van der Waals surface area contributed by atoms with Crippen LogP contribution in [0, 0.1) is 17.2 Å². The molecule has 6 atom stereocenters. The minimum absolute atomic E-state index is 0.0996. The zero-order valence-electron chi connectivity index (χ0n) is 24.4. The second-order valence-electron chi connectivity index (χ2n) is 12.1. The molecule has 3 aliphatic heterocycles. The van der Waals surface area contributed by atoms with Gasteiger partial charge in [0.1, 0.15) is 12.1 Å². The number of likely N-dealkylation sites (tertiary alicyclic amines) is 1. The second-order valence-corrected chi connectivity index (χ2v) is 14.8. The topological polar surface area (TPSA) is 151 Å². The van der Waals surface area contributed by atoms with Crippen LogP contribution in [-0.2, 0) is 14.2 Å². The lowest BCUT2D eigenvalue weighted by molar-refractivity contribution is -0.146. The van der Waals surface area contributed by atoms with Crippen LogP contribution in [0.15, 0.2) is 54.6 Å². The molecule has 3 fully saturated rings. The van der Waals surface area contributed by atoms with Crippen molar-refractivity contribution in [3.63, 3.8) is 0 Å². The predicted molar refractivity (Wildman–Crippen MR) is 166 cm³/mol. The molecule has 13 heteroatoms. The van der Waals surface area contributed by atoms with Gasteiger partial charge in [-0.2, -0.15) is 5.26 Å². The van der Waals surface area contributed by atoms with E-state index in [1.54, 1.807) is 9.80 Å². The Labute approximate surface area is 264 Å². The molecule has 1 unspecified atom stereocenters. The van der Waals surface area contributed by atoms with Crippen molar-refractivity contribution in [2.75, 3.05) is 13.1 Å². The smallest absolute Gasteiger partial charge is 0.340 e. The van der Waals surface area contributed by atoms with Crippen LogP contribution in [0.2, 0.25) is 0 Å². The summed E-state index contributed by atoms with van der Waals surface area (Å²) in [6, 6.07) is 16.1. The highest BCUT2D eigenvalue weighted by atomic mass is 32.1. The summed E-state index contributed by atoms with van der Waals surface area (Å²) < 4.78 is 26.3. The van der Waals surface area contributed by atoms with Crippen LogP contribution >= 0.6 is 18.9 Å². The summed E-state index contributed by atoms with van der Waals surface area (Å²) >= 11 is 1.13. The van der Waals surface area contributed by atoms with Gasteiger partial charge in [-0.3, -0.25) is 18.9 Å². The first kappa shape index (κ1) is 31.4. The molecule has 10 nitrogen and oxygen atoms in total. The molecule has 236 valence electrons. The molecule has 1 aromatic heterocycles. The summed E-state index contributed by atoms with van der Waals surface area (Å²) in [6.45, 7) is 0.721. The minimum atomic E-state index is -4.98. The van der Waals surface area contributed by atoms with E-state index in [-0.39, 0.29) is 40.1 Å². The van der Waals surface area contributed by atoms with E-state index in [0.717, 1.165) is 36.2 Å². The van der Waals surface area contributed by atoms with E-state index in [1.807, 2.05) is 30.3 Å². The van der Waals surface area contributed by atoms with E-state index in [2.05, 4.69) is 11.4 Å². The van der Waals surface area contributed by atoms with Gasteiger partial charge in [0.15, 0.2) is 0 Å². The van der Waals surface area contributed by atoms with Crippen molar-refractivity contribution in [2.45, 2.75) is 68.5 Å². The van der Waals surface area contributed by atoms with Crippen molar-refractivity contribution in [2.24, 2.45) is 5.92 Å². The number of benzene rings is 2. The van der Waals surface area contributed by atoms with Crippen LogP contribution in [0.4, 0.5) is 4.39 Å². The quantitative estimate of drug-likeness (QED) is 0.322. The number of halogens is 1. The molecule has 0 spiro atoms. The van der Waals surface area contributed by atoms with Crippen molar-refractivity contribution in [3.05, 3.63) is 70.6 Å². The van der Waals surface area contributed by atoms with E-state index in [0.29, 0.717) is 42.4 Å². The largest absolute Gasteiger partial charge is 0.363 e. The van der Waals surface area contributed by atoms with E-state index in [4.69, 9.17) is 0 Å². The van der Waals surface area contributed by atoms with Crippen LogP contribution in [-0.4, -0.2) is 68.5 Å². The van der Waals surface area contributed by atoms with Crippen molar-refractivity contribution in [1.82, 2.24) is 15.1 Å². The van der Waals surface area contributed by atoms with Crippen LogP contribution in [0.3, 0.4) is 0 Å². The van der Waals surface area contributed by atoms with E-state index in [9.17, 15) is 38.4 Å². The fraction of sp³-hybridized carbons (Fsp3) is 0.438. The van der Waals surface area contributed by atoms with Gasteiger partial charge in [0.25, 0.3) is 5.91 Å². The number of thiophene rings is 1. The van der Waals surface area contributed by atoms with Crippen molar-refractivity contribution in [1.29, 1.82) is 5.26 Å². The van der Waals surface area contributed by atoms with Crippen LogP contribution < -0.4 is 5.32 Å². The number of hydrogen-bond acceptors (Lipinski definition) is 6. The maximum Gasteiger partial charge on any atom is 0.363 e. The first-order chi connectivity index (χ1) is 21.5. The molecule has 3 amide bonds. The molecule has 3 N–H and O–H groups in total. The van der Waals surface area contributed by atoms with Crippen LogP contribution in [0.25, 0.3) is 10.1 Å². The number of nitrogens with zero attached hydrogens (tertiary/aromatic N) is 3. The summed E-state index contributed by atoms with van der Waals surface area (Å²) in [4.78, 5) is 63.5. The number of carbonyl (C=O) groups is 3. The second kappa shape index (κ2) is 12.6. The molecule has 2 aromatic carbocycles. The van der Waals surface area contributed by atoms with Gasteiger partial charge in [0.2, 0.25) is 17.7 Å². The average Bonchev–Trinajstić information content (AvgIpc) is 3.77. The van der Waals surface area contributed by atoms with Gasteiger partial charge >= 0.3 is 7.60 Å². The third-order valence-corrected chi connectivity index (χ3v) is 11.3. The van der Waals surface area contributed by atoms with Gasteiger partial charge in [-0.15, -0.1) is 11.3 Å². The summed E-state index contributed by atoms with van der Waals surface area (Å²) in [5.74, 6) is -3.83. The zero-order chi connectivity index (χ0) is 31.9. The standard InChI is InChI=1S/C32H34FN4O6PS/c33-29(44(41,42)43)20-10-13-27-21(14-20)15-28(45-27)30(38)35-25-9-5-4-8-23-11-12-26(37(23)31(25)39)32(40)36-17-22(16-34)24(18-36)19-6-2-1-3-7-19/h1-3,6-7,10,13-15,22-26,29H,4-5,8-9,11-12,17-18H2,(H,35,38)(H2,41,42,43)/t22-,23-,24+,25-,26-,29?/m0/s1. The molecule has 0 radical (unpaired) electrons. The summed E-state index contributed by atoms with van der Waals surface area (Å²) in [6.07, 6.45) is 4.03. The molecular weight excluding hydrogens is 618 g/mol. The highest BCUT2D eigenvalue weighted by Crippen LogP contribution is 2.53. The molecule has 3 aromatic rings. The SMILES string of the molecule is N#C[C@H]1CN(C(=O)[C@@H]2CC[C@@H]3CCCC[C@H](NC(=O)c4cc5cc(C(F)P(=O)(O)O)ccc5s4)C(=O)N32)C[C@@H]1c1ccccc1. The van der Waals surface area contributed by atoms with Crippen molar-refractivity contribution in [3.8, 4) is 6.07 Å². The molecular formula is C32H34FN4O6PS. The third kappa shape index (κ3) is 6.27. The summed E-state index contributed by atoms with van der Waals surface area (Å²) in [7, 11) is -4.98. The normalized spacial score (nSPS) is 26.2. The van der Waals surface area contributed by atoms with Gasteiger partial charge in [-0.05, 0) is 60.4 Å². The van der Waals surface area contributed by atoms with Gasteiger partial charge in [-0.25, -0.2) is 4.39 Å². The Morgan fingerprint density at radius 2 is 1.80 bits per heavy atom. The third-order valence-electron chi connectivity index (χ3n) is 9.29. The summed E-state index contributed by atoms with van der Waals surface area (Å²) in [5.41, 5.74) is 0.832. The number of rotatable bonds is 6. The zero-order valence-corrected chi connectivity index (χ0v) is 26.1. The van der Waals surface area contributed by atoms with Crippen molar-refractivity contribution < 1.29 is 33.1 Å². The molecule has 4 heterocycles. The fourth-order valence-electron chi connectivity index (χ4n) is 7.02. The number of carbonyl (C=O) groups excluding carboxylic acids is 3. The van der Waals surface area contributed by atoms with Gasteiger partial charge in [0, 0.05) is 29.7 Å². The lowest BCUT2D eigenvalue weighted by Crippen LogP contribution is -2.56. The first-order valence-corrected chi connectivity index (χ1v) is 17.6. The number of amides is 3. The Hall–Kier alpha value is -3.62. The Morgan fingerprint density at radius 1 is 1.04 bits per heavy atom. The number of nitriles is 1. The Kier molecular flexibility index (Phi) is 8.81. The Morgan fingerprint density at radius 3 is 2.53 bits per heavy atom. The highest BCUT2D eigenvalue weighted by molar-refractivity contribution is 7.51. The van der Waals surface area contributed by atoms with Gasteiger partial charge in [0.05, 0.1) is 16.9 Å². The lowest BCUT2D eigenvalue weighted by Gasteiger charge is -2.36. The molecule has 6 rings (SSSR count). The maximum absolute atomic E-state index is 14.3. The molecule has 3 saturated heterocycles. The molecule has 0 aliphatic carbocycles. The lowest BCUT2D eigenvalue weighted by atomic mass is 9.90. The first-order valence-electron chi connectivity index (χ1n) is 15.1. The van der Waals surface area contributed by atoms with Crippen molar-refractivity contribution >= 4 is 46.7 Å². The number of nitrogens with one attached hydrogen (secondary N) is 1. The Balaban J connectivity index is 1.18. The maximum atomic E-state index is 14.3. The van der Waals surface area contributed by atoms with E-state index >= 15 is 0 Å². The average molecular weight is 653 g/mol.